The molecule has 0 atom stereocenters. The van der Waals surface area contributed by atoms with Crippen LogP contribution in [0.4, 0.5) is 5.69 Å². The van der Waals surface area contributed by atoms with E-state index in [1.807, 2.05) is 31.3 Å². The molecule has 2 rings (SSSR count). The molecule has 0 radical (unpaired) electrons. The molecule has 5 heteroatoms. The van der Waals surface area contributed by atoms with Gasteiger partial charge >= 0.3 is 0 Å². The summed E-state index contributed by atoms with van der Waals surface area (Å²) >= 11 is 0. The highest BCUT2D eigenvalue weighted by Crippen LogP contribution is 2.22. The molecule has 0 unspecified atom stereocenters. The molecule has 0 bridgehead atoms. The highest BCUT2D eigenvalue weighted by molar-refractivity contribution is 5.46. The van der Waals surface area contributed by atoms with Gasteiger partial charge in [-0.15, -0.1) is 0 Å². The zero-order chi connectivity index (χ0) is 12.1. The normalized spacial score (nSPS) is 9.76. The second-order valence-corrected chi connectivity index (χ2v) is 3.28. The molecule has 0 spiro atoms. The maximum atomic E-state index is 5.56. The van der Waals surface area contributed by atoms with E-state index >= 15 is 0 Å². The van der Waals surface area contributed by atoms with E-state index in [-0.39, 0.29) is 0 Å². The molecule has 1 heterocycles. The number of hydrogen-bond donors (Lipinski definition) is 1. The van der Waals surface area contributed by atoms with Gasteiger partial charge in [0.05, 0.1) is 13.2 Å². The predicted molar refractivity (Wildman–Crippen MR) is 64.6 cm³/mol. The van der Waals surface area contributed by atoms with Crippen molar-refractivity contribution in [1.82, 2.24) is 9.97 Å². The maximum Gasteiger partial charge on any atom is 0.226 e. The van der Waals surface area contributed by atoms with Gasteiger partial charge < -0.3 is 14.8 Å². The molecule has 17 heavy (non-hydrogen) atoms. The van der Waals surface area contributed by atoms with Crippen LogP contribution in [0.5, 0.6) is 17.5 Å². The lowest BCUT2D eigenvalue weighted by molar-refractivity contribution is 0.388. The van der Waals surface area contributed by atoms with Gasteiger partial charge in [-0.25, -0.2) is 9.97 Å². The summed E-state index contributed by atoms with van der Waals surface area (Å²) in [4.78, 5) is 7.90. The number of nitrogens with zero attached hydrogens (tertiary/aromatic N) is 2. The standard InChI is InChI=1S/C12H13N3O2/c1-13-9-3-5-10(6-4-9)17-12-7-11(16-2)14-8-15-12/h3-8,13H,1-2H3. The Balaban J connectivity index is 2.13. The Morgan fingerprint density at radius 1 is 1.06 bits per heavy atom. The number of aromatic nitrogens is 2. The van der Waals surface area contributed by atoms with E-state index in [2.05, 4.69) is 15.3 Å². The first-order valence-corrected chi connectivity index (χ1v) is 5.13. The highest BCUT2D eigenvalue weighted by Gasteiger charge is 2.01. The van der Waals surface area contributed by atoms with E-state index in [4.69, 9.17) is 9.47 Å². The third-order valence-corrected chi connectivity index (χ3v) is 2.19. The van der Waals surface area contributed by atoms with Crippen molar-refractivity contribution in [2.24, 2.45) is 0 Å². The molecular weight excluding hydrogens is 218 g/mol. The van der Waals surface area contributed by atoms with E-state index in [0.717, 1.165) is 5.69 Å². The number of rotatable bonds is 4. The monoisotopic (exact) mass is 231 g/mol. The van der Waals surface area contributed by atoms with Gasteiger partial charge in [0.1, 0.15) is 12.1 Å². The fourth-order valence-corrected chi connectivity index (χ4v) is 1.30. The Bertz CT molecular complexity index is 485. The SMILES string of the molecule is CNc1ccc(Oc2cc(OC)ncn2)cc1. The third kappa shape index (κ3) is 2.84. The highest BCUT2D eigenvalue weighted by atomic mass is 16.5. The summed E-state index contributed by atoms with van der Waals surface area (Å²) in [7, 11) is 3.42. The van der Waals surface area contributed by atoms with Crippen LogP contribution in [0.3, 0.4) is 0 Å². The summed E-state index contributed by atoms with van der Waals surface area (Å²) in [6.07, 6.45) is 1.40. The number of hydrogen-bond acceptors (Lipinski definition) is 5. The molecule has 5 nitrogen and oxygen atoms in total. The molecule has 0 aliphatic heterocycles. The average Bonchev–Trinajstić information content (AvgIpc) is 2.40. The number of ether oxygens (including phenoxy) is 2. The minimum Gasteiger partial charge on any atom is -0.481 e. The van der Waals surface area contributed by atoms with Gasteiger partial charge in [-0.05, 0) is 24.3 Å². The van der Waals surface area contributed by atoms with Gasteiger partial charge in [0.25, 0.3) is 0 Å². The van der Waals surface area contributed by atoms with Gasteiger partial charge in [-0.1, -0.05) is 0 Å². The molecule has 1 aromatic heterocycles. The first kappa shape index (κ1) is 11.2. The lowest BCUT2D eigenvalue weighted by Crippen LogP contribution is -1.92. The van der Waals surface area contributed by atoms with Crippen LogP contribution in [0.2, 0.25) is 0 Å². The maximum absolute atomic E-state index is 5.56. The van der Waals surface area contributed by atoms with Crippen LogP contribution >= 0.6 is 0 Å². The van der Waals surface area contributed by atoms with E-state index < -0.39 is 0 Å². The molecule has 0 aliphatic rings. The largest absolute Gasteiger partial charge is 0.481 e. The fraction of sp³-hybridized carbons (Fsp3) is 0.167. The summed E-state index contributed by atoms with van der Waals surface area (Å²) in [6, 6.07) is 9.20. The minimum absolute atomic E-state index is 0.453. The number of methoxy groups -OCH3 is 1. The quantitative estimate of drug-likeness (QED) is 0.875. The van der Waals surface area contributed by atoms with Crippen molar-refractivity contribution >= 4 is 5.69 Å². The topological polar surface area (TPSA) is 56.3 Å². The van der Waals surface area contributed by atoms with Crippen molar-refractivity contribution in [1.29, 1.82) is 0 Å². The summed E-state index contributed by atoms with van der Waals surface area (Å²) in [5.41, 5.74) is 1.03. The van der Waals surface area contributed by atoms with Crippen LogP contribution in [0.15, 0.2) is 36.7 Å². The summed E-state index contributed by atoms with van der Waals surface area (Å²) in [5, 5.41) is 3.04. The Labute approximate surface area is 99.4 Å². The molecule has 1 aromatic carbocycles. The number of anilines is 1. The first-order valence-electron chi connectivity index (χ1n) is 5.13. The number of benzene rings is 1. The van der Waals surface area contributed by atoms with Crippen LogP contribution in [-0.2, 0) is 0 Å². The van der Waals surface area contributed by atoms with Crippen LogP contribution in [0.25, 0.3) is 0 Å². The van der Waals surface area contributed by atoms with Gasteiger partial charge in [-0.3, -0.25) is 0 Å². The van der Waals surface area contributed by atoms with Crippen molar-refractivity contribution in [2.75, 3.05) is 19.5 Å². The molecule has 0 saturated heterocycles. The lowest BCUT2D eigenvalue weighted by atomic mass is 10.3. The van der Waals surface area contributed by atoms with Gasteiger partial charge in [-0.2, -0.15) is 0 Å². The summed E-state index contributed by atoms with van der Waals surface area (Å²) in [5.74, 6) is 1.64. The minimum atomic E-state index is 0.453. The molecule has 0 aliphatic carbocycles. The van der Waals surface area contributed by atoms with Crippen molar-refractivity contribution in [2.45, 2.75) is 0 Å². The van der Waals surface area contributed by atoms with E-state index in [9.17, 15) is 0 Å². The Kier molecular flexibility index (Phi) is 3.40. The first-order chi connectivity index (χ1) is 8.31. The van der Waals surface area contributed by atoms with Crippen molar-refractivity contribution < 1.29 is 9.47 Å². The van der Waals surface area contributed by atoms with E-state index in [1.54, 1.807) is 13.2 Å². The molecule has 2 aromatic rings. The molecule has 0 amide bonds. The fourth-order valence-electron chi connectivity index (χ4n) is 1.30. The van der Waals surface area contributed by atoms with E-state index in [0.29, 0.717) is 17.5 Å². The molecule has 88 valence electrons. The second-order valence-electron chi connectivity index (χ2n) is 3.28. The molecule has 1 N–H and O–H groups in total. The summed E-state index contributed by atoms with van der Waals surface area (Å²) < 4.78 is 10.5. The van der Waals surface area contributed by atoms with Crippen molar-refractivity contribution in [3.63, 3.8) is 0 Å². The van der Waals surface area contributed by atoms with Gasteiger partial charge in [0, 0.05) is 12.7 Å². The van der Waals surface area contributed by atoms with Crippen LogP contribution < -0.4 is 14.8 Å². The predicted octanol–water partition coefficient (Wildman–Crippen LogP) is 2.32. The smallest absolute Gasteiger partial charge is 0.226 e. The second kappa shape index (κ2) is 5.16. The zero-order valence-corrected chi connectivity index (χ0v) is 9.68. The summed E-state index contributed by atoms with van der Waals surface area (Å²) in [6.45, 7) is 0. The van der Waals surface area contributed by atoms with Crippen LogP contribution in [0, 0.1) is 0 Å². The van der Waals surface area contributed by atoms with E-state index in [1.165, 1.54) is 6.33 Å². The van der Waals surface area contributed by atoms with Crippen LogP contribution in [0.1, 0.15) is 0 Å². The van der Waals surface area contributed by atoms with Crippen LogP contribution in [-0.4, -0.2) is 24.1 Å². The zero-order valence-electron chi connectivity index (χ0n) is 9.68. The Morgan fingerprint density at radius 2 is 1.76 bits per heavy atom. The molecule has 0 fully saturated rings. The molecular formula is C12H13N3O2. The Hall–Kier alpha value is -2.30. The molecule has 0 saturated carbocycles. The van der Waals surface area contributed by atoms with Gasteiger partial charge in [0.2, 0.25) is 11.8 Å². The average molecular weight is 231 g/mol. The third-order valence-electron chi connectivity index (χ3n) is 2.19. The Morgan fingerprint density at radius 3 is 2.41 bits per heavy atom. The van der Waals surface area contributed by atoms with Crippen molar-refractivity contribution in [3.8, 4) is 17.5 Å². The van der Waals surface area contributed by atoms with Gasteiger partial charge in [0.15, 0.2) is 0 Å². The number of nitrogens with one attached hydrogen (secondary N) is 1. The lowest BCUT2D eigenvalue weighted by Gasteiger charge is -2.06. The van der Waals surface area contributed by atoms with Crippen molar-refractivity contribution in [3.05, 3.63) is 36.7 Å².